The van der Waals surface area contributed by atoms with Crippen LogP contribution < -0.4 is 4.72 Å². The highest BCUT2D eigenvalue weighted by atomic mass is 35.5. The molecule has 23 heavy (non-hydrogen) atoms. The van der Waals surface area contributed by atoms with Crippen LogP contribution in [0.5, 0.6) is 0 Å². The van der Waals surface area contributed by atoms with Gasteiger partial charge in [0, 0.05) is 11.6 Å². The maximum absolute atomic E-state index is 12.5. The number of rotatable bonds is 7. The van der Waals surface area contributed by atoms with Gasteiger partial charge in [-0.2, -0.15) is 5.10 Å². The summed E-state index contributed by atoms with van der Waals surface area (Å²) in [5.74, 6) is 0.594. The molecule has 0 aliphatic rings. The third kappa shape index (κ3) is 4.20. The molecule has 1 atom stereocenters. The van der Waals surface area contributed by atoms with Crippen molar-refractivity contribution in [3.8, 4) is 0 Å². The molecule has 126 valence electrons. The normalized spacial score (nSPS) is 13.2. The molecule has 2 N–H and O–H groups in total. The smallest absolute Gasteiger partial charge is 0.241 e. The third-order valence-electron chi connectivity index (χ3n) is 3.38. The first-order valence-electron chi connectivity index (χ1n) is 7.32. The van der Waals surface area contributed by atoms with Crippen molar-refractivity contribution in [2.75, 3.05) is 0 Å². The summed E-state index contributed by atoms with van der Waals surface area (Å²) in [6.07, 6.45) is 1.43. The van der Waals surface area contributed by atoms with E-state index in [1.165, 1.54) is 12.1 Å². The van der Waals surface area contributed by atoms with Gasteiger partial charge in [0.05, 0.1) is 10.9 Å². The number of nitrogens with one attached hydrogen (secondary N) is 2. The monoisotopic (exact) mass is 374 g/mol. The fraction of sp³-hybridized carbons (Fsp3) is 0.429. The largest absolute Gasteiger partial charge is 0.303 e. The van der Waals surface area contributed by atoms with Crippen molar-refractivity contribution in [3.63, 3.8) is 0 Å². The molecule has 0 spiro atoms. The minimum absolute atomic E-state index is 0.163. The van der Waals surface area contributed by atoms with Gasteiger partial charge in [-0.1, -0.05) is 25.4 Å². The van der Waals surface area contributed by atoms with Crippen LogP contribution >= 0.6 is 23.8 Å². The lowest BCUT2D eigenvalue weighted by atomic mass is 10.2. The minimum Gasteiger partial charge on any atom is -0.303 e. The Labute approximate surface area is 145 Å². The van der Waals surface area contributed by atoms with Crippen LogP contribution in [-0.4, -0.2) is 23.2 Å². The zero-order valence-corrected chi connectivity index (χ0v) is 15.3. The molecule has 1 aromatic carbocycles. The molecule has 0 saturated heterocycles. The van der Waals surface area contributed by atoms with Crippen molar-refractivity contribution < 1.29 is 8.42 Å². The number of hydrogen-bond acceptors (Lipinski definition) is 4. The number of nitrogens with zero attached hydrogens (tertiary/aromatic N) is 2. The average Bonchev–Trinajstić information content (AvgIpc) is 2.87. The summed E-state index contributed by atoms with van der Waals surface area (Å²) in [4.78, 5) is 0.163. The van der Waals surface area contributed by atoms with Gasteiger partial charge < -0.3 is 4.57 Å². The Morgan fingerprint density at radius 3 is 2.57 bits per heavy atom. The second-order valence-electron chi connectivity index (χ2n) is 5.07. The Balaban J connectivity index is 2.32. The molecule has 6 nitrogen and oxygen atoms in total. The number of sulfonamides is 1. The van der Waals surface area contributed by atoms with E-state index in [4.69, 9.17) is 23.8 Å². The maximum atomic E-state index is 12.5. The quantitative estimate of drug-likeness (QED) is 0.727. The molecule has 0 bridgehead atoms. The van der Waals surface area contributed by atoms with Crippen molar-refractivity contribution >= 4 is 33.8 Å². The summed E-state index contributed by atoms with van der Waals surface area (Å²) in [5.41, 5.74) is 0. The first-order valence-corrected chi connectivity index (χ1v) is 9.59. The summed E-state index contributed by atoms with van der Waals surface area (Å²) < 4.78 is 30.1. The van der Waals surface area contributed by atoms with Gasteiger partial charge in [-0.05, 0) is 49.3 Å². The second kappa shape index (κ2) is 7.57. The van der Waals surface area contributed by atoms with Gasteiger partial charge in [0.25, 0.3) is 0 Å². The molecule has 2 aromatic rings. The standard InChI is InChI=1S/C14H19ClN4O2S2/c1-3-9-19-13(16-17-14(19)22)12(4-2)18-23(20,21)11-7-5-10(15)6-8-11/h5-8,12,18H,3-4,9H2,1-2H3,(H,17,22). The Kier molecular flexibility index (Phi) is 5.96. The van der Waals surface area contributed by atoms with Crippen molar-refractivity contribution in [1.29, 1.82) is 0 Å². The second-order valence-corrected chi connectivity index (χ2v) is 7.61. The molecule has 0 fully saturated rings. The lowest BCUT2D eigenvalue weighted by Crippen LogP contribution is -2.30. The van der Waals surface area contributed by atoms with E-state index in [0.717, 1.165) is 6.42 Å². The van der Waals surface area contributed by atoms with Gasteiger partial charge >= 0.3 is 0 Å². The number of aromatic nitrogens is 3. The van der Waals surface area contributed by atoms with Gasteiger partial charge in [0.15, 0.2) is 4.77 Å². The van der Waals surface area contributed by atoms with E-state index in [2.05, 4.69) is 14.9 Å². The molecule has 0 amide bonds. The molecule has 0 radical (unpaired) electrons. The lowest BCUT2D eigenvalue weighted by molar-refractivity contribution is 0.509. The van der Waals surface area contributed by atoms with Gasteiger partial charge in [-0.25, -0.2) is 13.1 Å². The van der Waals surface area contributed by atoms with E-state index >= 15 is 0 Å². The summed E-state index contributed by atoms with van der Waals surface area (Å²) in [5, 5.41) is 7.41. The van der Waals surface area contributed by atoms with E-state index in [0.29, 0.717) is 28.6 Å². The first-order chi connectivity index (χ1) is 10.9. The van der Waals surface area contributed by atoms with Gasteiger partial charge in [-0.15, -0.1) is 0 Å². The summed E-state index contributed by atoms with van der Waals surface area (Å²) in [7, 11) is -3.67. The van der Waals surface area contributed by atoms with E-state index in [1.54, 1.807) is 12.1 Å². The van der Waals surface area contributed by atoms with Crippen LogP contribution in [0.3, 0.4) is 0 Å². The highest BCUT2D eigenvalue weighted by Crippen LogP contribution is 2.20. The Morgan fingerprint density at radius 1 is 1.35 bits per heavy atom. The van der Waals surface area contributed by atoms with Crippen molar-refractivity contribution in [3.05, 3.63) is 39.9 Å². The van der Waals surface area contributed by atoms with Crippen LogP contribution in [0.15, 0.2) is 29.2 Å². The molecule has 9 heteroatoms. The minimum atomic E-state index is -3.67. The molecule has 2 rings (SSSR count). The van der Waals surface area contributed by atoms with Crippen LogP contribution in [0.25, 0.3) is 0 Å². The highest BCUT2D eigenvalue weighted by molar-refractivity contribution is 7.89. The van der Waals surface area contributed by atoms with Crippen LogP contribution in [-0.2, 0) is 16.6 Å². The summed E-state index contributed by atoms with van der Waals surface area (Å²) >= 11 is 11.0. The fourth-order valence-electron chi connectivity index (χ4n) is 2.22. The van der Waals surface area contributed by atoms with Crippen LogP contribution in [0.2, 0.25) is 5.02 Å². The van der Waals surface area contributed by atoms with E-state index in [9.17, 15) is 8.42 Å². The molecule has 1 unspecified atom stereocenters. The topological polar surface area (TPSA) is 79.8 Å². The summed E-state index contributed by atoms with van der Waals surface area (Å²) in [6.45, 7) is 4.60. The van der Waals surface area contributed by atoms with Crippen molar-refractivity contribution in [2.24, 2.45) is 0 Å². The maximum Gasteiger partial charge on any atom is 0.241 e. The van der Waals surface area contributed by atoms with E-state index in [1.807, 2.05) is 18.4 Å². The zero-order valence-electron chi connectivity index (χ0n) is 12.9. The number of H-pyrrole nitrogens is 1. The number of benzene rings is 1. The fourth-order valence-corrected chi connectivity index (χ4v) is 3.86. The molecule has 0 aliphatic carbocycles. The zero-order chi connectivity index (χ0) is 17.0. The molecule has 0 saturated carbocycles. The molecular weight excluding hydrogens is 356 g/mol. The van der Waals surface area contributed by atoms with Crippen molar-refractivity contribution in [2.45, 2.75) is 44.2 Å². The summed E-state index contributed by atoms with van der Waals surface area (Å²) in [6, 6.07) is 5.57. The molecule has 0 aliphatic heterocycles. The first kappa shape index (κ1) is 18.1. The predicted molar refractivity (Wildman–Crippen MR) is 92.5 cm³/mol. The average molecular weight is 375 g/mol. The molecular formula is C14H19ClN4O2S2. The van der Waals surface area contributed by atoms with Gasteiger partial charge in [0.1, 0.15) is 5.82 Å². The van der Waals surface area contributed by atoms with Gasteiger partial charge in [0.2, 0.25) is 10.0 Å². The van der Waals surface area contributed by atoms with Gasteiger partial charge in [-0.3, -0.25) is 5.10 Å². The number of hydrogen-bond donors (Lipinski definition) is 2. The third-order valence-corrected chi connectivity index (χ3v) is 5.43. The predicted octanol–water partition coefficient (Wildman–Crippen LogP) is 3.43. The molecule has 1 heterocycles. The Bertz CT molecular complexity index is 812. The van der Waals surface area contributed by atoms with Crippen LogP contribution in [0.1, 0.15) is 38.6 Å². The highest BCUT2D eigenvalue weighted by Gasteiger charge is 2.24. The molecule has 1 aromatic heterocycles. The lowest BCUT2D eigenvalue weighted by Gasteiger charge is -2.17. The Hall–Kier alpha value is -1.22. The van der Waals surface area contributed by atoms with Crippen LogP contribution in [0.4, 0.5) is 0 Å². The van der Waals surface area contributed by atoms with Crippen molar-refractivity contribution in [1.82, 2.24) is 19.5 Å². The van der Waals surface area contributed by atoms with E-state index in [-0.39, 0.29) is 4.90 Å². The SMILES string of the molecule is CCCn1c(C(CC)NS(=O)(=O)c2ccc(Cl)cc2)n[nH]c1=S. The number of halogens is 1. The Morgan fingerprint density at radius 2 is 2.00 bits per heavy atom. The van der Waals surface area contributed by atoms with E-state index < -0.39 is 16.1 Å². The number of aromatic amines is 1. The van der Waals surface area contributed by atoms with Crippen LogP contribution in [0, 0.1) is 4.77 Å².